The van der Waals surface area contributed by atoms with Crippen molar-refractivity contribution in [3.63, 3.8) is 0 Å². The first-order valence-corrected chi connectivity index (χ1v) is 5.34. The molecule has 0 fully saturated rings. The third kappa shape index (κ3) is 2.65. The summed E-state index contributed by atoms with van der Waals surface area (Å²) in [5, 5.41) is 12.6. The van der Waals surface area contributed by atoms with Gasteiger partial charge in [0.25, 0.3) is 0 Å². The van der Waals surface area contributed by atoms with Gasteiger partial charge >= 0.3 is 0 Å². The van der Waals surface area contributed by atoms with Crippen molar-refractivity contribution in [2.75, 3.05) is 7.05 Å². The van der Waals surface area contributed by atoms with Crippen LogP contribution in [-0.4, -0.2) is 18.3 Å². The summed E-state index contributed by atoms with van der Waals surface area (Å²) in [6, 6.07) is 8.09. The summed E-state index contributed by atoms with van der Waals surface area (Å²) in [6.45, 7) is 1.80. The average Bonchev–Trinajstić information content (AvgIpc) is 2.09. The van der Waals surface area contributed by atoms with E-state index >= 15 is 0 Å². The lowest BCUT2D eigenvalue weighted by atomic mass is 10.0. The first-order chi connectivity index (χ1) is 6.16. The third-order valence-electron chi connectivity index (χ3n) is 2.03. The molecule has 0 heterocycles. The summed E-state index contributed by atoms with van der Waals surface area (Å²) in [5.74, 6) is 0. The van der Waals surface area contributed by atoms with Crippen LogP contribution >= 0.6 is 22.6 Å². The van der Waals surface area contributed by atoms with Crippen molar-refractivity contribution in [1.82, 2.24) is 5.32 Å². The lowest BCUT2D eigenvalue weighted by Crippen LogP contribution is -2.27. The molecule has 2 nitrogen and oxygen atoms in total. The lowest BCUT2D eigenvalue weighted by molar-refractivity contribution is 0.149. The van der Waals surface area contributed by atoms with Crippen LogP contribution in [-0.2, 0) is 0 Å². The van der Waals surface area contributed by atoms with E-state index in [-0.39, 0.29) is 12.1 Å². The second-order valence-electron chi connectivity index (χ2n) is 3.03. The predicted octanol–water partition coefficient (Wildman–Crippen LogP) is 1.93. The molecule has 0 saturated carbocycles. The Hall–Kier alpha value is -0.130. The van der Waals surface area contributed by atoms with Gasteiger partial charge in [-0.05, 0) is 48.2 Å². The zero-order chi connectivity index (χ0) is 9.84. The van der Waals surface area contributed by atoms with Crippen LogP contribution < -0.4 is 5.32 Å². The molecule has 1 rings (SSSR count). The van der Waals surface area contributed by atoms with Crippen molar-refractivity contribution in [2.24, 2.45) is 0 Å². The van der Waals surface area contributed by atoms with Crippen LogP contribution in [0.4, 0.5) is 0 Å². The van der Waals surface area contributed by atoms with E-state index in [0.717, 1.165) is 5.56 Å². The number of nitrogens with one attached hydrogen (secondary N) is 1. The molecular formula is C10H14INO. The largest absolute Gasteiger partial charge is 0.391 e. The highest BCUT2D eigenvalue weighted by molar-refractivity contribution is 14.1. The number of aliphatic hydroxyl groups is 1. The van der Waals surface area contributed by atoms with Crippen LogP contribution in [0.1, 0.15) is 18.5 Å². The number of aliphatic hydroxyl groups excluding tert-OH is 1. The molecule has 0 bridgehead atoms. The van der Waals surface area contributed by atoms with Crippen LogP contribution in [0.5, 0.6) is 0 Å². The molecule has 0 aliphatic carbocycles. The van der Waals surface area contributed by atoms with E-state index in [1.165, 1.54) is 3.57 Å². The van der Waals surface area contributed by atoms with E-state index in [9.17, 15) is 5.11 Å². The van der Waals surface area contributed by atoms with Gasteiger partial charge in [0.05, 0.1) is 12.1 Å². The highest BCUT2D eigenvalue weighted by Crippen LogP contribution is 2.21. The van der Waals surface area contributed by atoms with Crippen LogP contribution in [0.3, 0.4) is 0 Å². The third-order valence-corrected chi connectivity index (χ3v) is 3.02. The summed E-state index contributed by atoms with van der Waals surface area (Å²) < 4.78 is 1.18. The molecule has 2 N–H and O–H groups in total. The maximum absolute atomic E-state index is 9.52. The monoisotopic (exact) mass is 291 g/mol. The van der Waals surface area contributed by atoms with E-state index in [1.807, 2.05) is 31.3 Å². The van der Waals surface area contributed by atoms with Crippen LogP contribution in [0.2, 0.25) is 0 Å². The number of rotatable bonds is 3. The van der Waals surface area contributed by atoms with E-state index in [4.69, 9.17) is 0 Å². The number of halogens is 1. The smallest absolute Gasteiger partial charge is 0.0707 e. The van der Waals surface area contributed by atoms with E-state index in [2.05, 4.69) is 27.9 Å². The Morgan fingerprint density at radius 2 is 2.00 bits per heavy atom. The molecule has 0 spiro atoms. The van der Waals surface area contributed by atoms with Gasteiger partial charge in [-0.3, -0.25) is 0 Å². The SMILES string of the molecule is CNC(c1ccccc1I)C(C)O. The molecule has 1 aromatic rings. The molecule has 2 atom stereocenters. The Kier molecular flexibility index (Phi) is 4.15. The molecule has 3 heteroatoms. The zero-order valence-corrected chi connectivity index (χ0v) is 9.95. The quantitative estimate of drug-likeness (QED) is 0.834. The van der Waals surface area contributed by atoms with Gasteiger partial charge in [0.1, 0.15) is 0 Å². The highest BCUT2D eigenvalue weighted by Gasteiger charge is 2.16. The Morgan fingerprint density at radius 1 is 1.38 bits per heavy atom. The maximum Gasteiger partial charge on any atom is 0.0707 e. The number of benzene rings is 1. The average molecular weight is 291 g/mol. The van der Waals surface area contributed by atoms with E-state index in [1.54, 1.807) is 6.92 Å². The van der Waals surface area contributed by atoms with Gasteiger partial charge in [-0.1, -0.05) is 18.2 Å². The van der Waals surface area contributed by atoms with Gasteiger partial charge in [-0.15, -0.1) is 0 Å². The summed E-state index contributed by atoms with van der Waals surface area (Å²) in [4.78, 5) is 0. The first-order valence-electron chi connectivity index (χ1n) is 4.26. The van der Waals surface area contributed by atoms with Gasteiger partial charge in [0.15, 0.2) is 0 Å². The molecule has 0 saturated heterocycles. The molecule has 0 radical (unpaired) electrons. The minimum Gasteiger partial charge on any atom is -0.391 e. The van der Waals surface area contributed by atoms with E-state index < -0.39 is 0 Å². The highest BCUT2D eigenvalue weighted by atomic mass is 127. The Balaban J connectivity index is 2.97. The standard InChI is InChI=1S/C10H14INO/c1-7(13)10(12-2)8-5-3-4-6-9(8)11/h3-7,10,12-13H,1-2H3. The molecule has 2 unspecified atom stereocenters. The summed E-state index contributed by atoms with van der Waals surface area (Å²) in [7, 11) is 1.86. The van der Waals surface area contributed by atoms with Crippen molar-refractivity contribution in [3.8, 4) is 0 Å². The van der Waals surface area contributed by atoms with Crippen molar-refractivity contribution < 1.29 is 5.11 Å². The van der Waals surface area contributed by atoms with Gasteiger partial charge < -0.3 is 10.4 Å². The molecule has 72 valence electrons. The fourth-order valence-electron chi connectivity index (χ4n) is 1.38. The second kappa shape index (κ2) is 4.93. The fourth-order valence-corrected chi connectivity index (χ4v) is 2.11. The van der Waals surface area contributed by atoms with E-state index in [0.29, 0.717) is 0 Å². The maximum atomic E-state index is 9.52. The summed E-state index contributed by atoms with van der Waals surface area (Å²) in [6.07, 6.45) is -0.374. The van der Waals surface area contributed by atoms with Crippen LogP contribution in [0.15, 0.2) is 24.3 Å². The molecule has 0 aromatic heterocycles. The van der Waals surface area contributed by atoms with Gasteiger partial charge in [-0.25, -0.2) is 0 Å². The Morgan fingerprint density at radius 3 is 2.46 bits per heavy atom. The first kappa shape index (κ1) is 10.9. The molecule has 1 aromatic carbocycles. The molecule has 0 amide bonds. The summed E-state index contributed by atoms with van der Waals surface area (Å²) in [5.41, 5.74) is 1.15. The summed E-state index contributed by atoms with van der Waals surface area (Å²) >= 11 is 2.28. The minimum atomic E-state index is -0.374. The van der Waals surface area contributed by atoms with Crippen LogP contribution in [0, 0.1) is 3.57 Å². The number of likely N-dealkylation sites (N-methyl/N-ethyl adjacent to an activating group) is 1. The molecular weight excluding hydrogens is 277 g/mol. The second-order valence-corrected chi connectivity index (χ2v) is 4.19. The fraction of sp³-hybridized carbons (Fsp3) is 0.400. The topological polar surface area (TPSA) is 32.3 Å². The zero-order valence-electron chi connectivity index (χ0n) is 7.79. The number of hydrogen-bond donors (Lipinski definition) is 2. The lowest BCUT2D eigenvalue weighted by Gasteiger charge is -2.20. The van der Waals surface area contributed by atoms with Crippen molar-refractivity contribution in [1.29, 1.82) is 0 Å². The van der Waals surface area contributed by atoms with Crippen molar-refractivity contribution >= 4 is 22.6 Å². The van der Waals surface area contributed by atoms with Gasteiger partial charge in [0.2, 0.25) is 0 Å². The van der Waals surface area contributed by atoms with Crippen LogP contribution in [0.25, 0.3) is 0 Å². The molecule has 0 aliphatic rings. The number of hydrogen-bond acceptors (Lipinski definition) is 2. The normalized spacial score (nSPS) is 15.4. The Bertz CT molecular complexity index is 275. The van der Waals surface area contributed by atoms with Crippen molar-refractivity contribution in [3.05, 3.63) is 33.4 Å². The van der Waals surface area contributed by atoms with Gasteiger partial charge in [0, 0.05) is 3.57 Å². The molecule has 0 aliphatic heterocycles. The Labute approximate surface area is 92.5 Å². The van der Waals surface area contributed by atoms with Crippen molar-refractivity contribution in [2.45, 2.75) is 19.1 Å². The minimum absolute atomic E-state index is 0.0214. The predicted molar refractivity (Wildman–Crippen MR) is 62.6 cm³/mol. The molecule has 13 heavy (non-hydrogen) atoms. The van der Waals surface area contributed by atoms with Gasteiger partial charge in [-0.2, -0.15) is 0 Å².